The van der Waals surface area contributed by atoms with Crippen molar-refractivity contribution < 1.29 is 0 Å². The van der Waals surface area contributed by atoms with Gasteiger partial charge in [-0.15, -0.1) is 5.10 Å². The molecule has 0 amide bonds. The highest BCUT2D eigenvalue weighted by atomic mass is 15.4. The van der Waals surface area contributed by atoms with Gasteiger partial charge < -0.3 is 5.32 Å². The number of nitrogens with one attached hydrogen (secondary N) is 1. The Morgan fingerprint density at radius 2 is 1.91 bits per heavy atom. The zero-order chi connectivity index (χ0) is 15.4. The van der Waals surface area contributed by atoms with E-state index < -0.39 is 0 Å². The quantitative estimate of drug-likeness (QED) is 0.755. The number of nitrogens with zero attached hydrogens (tertiary/aromatic N) is 5. The topological polar surface area (TPSA) is 68.5 Å². The molecule has 2 aromatic heterocycles. The molecule has 1 N–H and O–H groups in total. The van der Waals surface area contributed by atoms with Crippen LogP contribution in [0, 0.1) is 0 Å². The number of aryl methyl sites for hydroxylation is 2. The fourth-order valence-corrected chi connectivity index (χ4v) is 2.37. The van der Waals surface area contributed by atoms with Gasteiger partial charge in [0.05, 0.1) is 0 Å². The molecule has 0 saturated carbocycles. The Morgan fingerprint density at radius 1 is 1.09 bits per heavy atom. The van der Waals surface area contributed by atoms with Crippen molar-refractivity contribution in [1.29, 1.82) is 0 Å². The zero-order valence-corrected chi connectivity index (χ0v) is 13.0. The van der Waals surface area contributed by atoms with Crippen LogP contribution in [0.15, 0.2) is 30.6 Å². The molecule has 0 saturated heterocycles. The van der Waals surface area contributed by atoms with Gasteiger partial charge >= 0.3 is 0 Å². The maximum Gasteiger partial charge on any atom is 0.183 e. The van der Waals surface area contributed by atoms with Crippen LogP contribution in [-0.2, 0) is 13.0 Å². The van der Waals surface area contributed by atoms with Crippen LogP contribution in [0.1, 0.15) is 32.3 Å². The minimum atomic E-state index is 0.686. The molecule has 3 rings (SSSR count). The van der Waals surface area contributed by atoms with E-state index >= 15 is 0 Å². The molecule has 114 valence electrons. The number of fused-ring (bicyclic) bond motifs is 1. The van der Waals surface area contributed by atoms with Crippen molar-refractivity contribution in [2.24, 2.45) is 0 Å². The third kappa shape index (κ3) is 2.90. The first-order valence-electron chi connectivity index (χ1n) is 7.72. The number of unbranched alkanes of at least 4 members (excludes halogenated alkanes) is 1. The molecule has 0 bridgehead atoms. The van der Waals surface area contributed by atoms with Crippen LogP contribution in [-0.4, -0.2) is 25.0 Å². The van der Waals surface area contributed by atoms with E-state index in [0.29, 0.717) is 11.3 Å². The van der Waals surface area contributed by atoms with Gasteiger partial charge in [-0.2, -0.15) is 0 Å². The number of benzene rings is 1. The minimum absolute atomic E-state index is 0.686. The largest absolute Gasteiger partial charge is 0.338 e. The molecule has 0 spiro atoms. The first-order chi connectivity index (χ1) is 10.8. The fraction of sp³-hybridized carbons (Fsp3) is 0.375. The average Bonchev–Trinajstić information content (AvgIpc) is 2.98. The summed E-state index contributed by atoms with van der Waals surface area (Å²) < 4.78 is 1.76. The van der Waals surface area contributed by atoms with Gasteiger partial charge in [-0.25, -0.2) is 14.6 Å². The summed E-state index contributed by atoms with van der Waals surface area (Å²) in [5.74, 6) is 0.686. The second-order valence-corrected chi connectivity index (χ2v) is 5.23. The van der Waals surface area contributed by atoms with Gasteiger partial charge in [0.1, 0.15) is 6.33 Å². The van der Waals surface area contributed by atoms with Crippen LogP contribution in [0.5, 0.6) is 0 Å². The van der Waals surface area contributed by atoms with E-state index in [-0.39, 0.29) is 0 Å². The summed E-state index contributed by atoms with van der Waals surface area (Å²) in [4.78, 5) is 8.53. The van der Waals surface area contributed by atoms with E-state index in [9.17, 15) is 0 Å². The molecule has 6 nitrogen and oxygen atoms in total. The third-order valence-corrected chi connectivity index (χ3v) is 3.64. The van der Waals surface area contributed by atoms with Crippen molar-refractivity contribution in [3.05, 3.63) is 36.2 Å². The van der Waals surface area contributed by atoms with Crippen LogP contribution < -0.4 is 5.32 Å². The highest BCUT2D eigenvalue weighted by Gasteiger charge is 2.10. The van der Waals surface area contributed by atoms with Crippen molar-refractivity contribution >= 4 is 22.7 Å². The number of rotatable bonds is 6. The summed E-state index contributed by atoms with van der Waals surface area (Å²) in [6.07, 6.45) is 5.10. The van der Waals surface area contributed by atoms with Crippen LogP contribution >= 0.6 is 0 Å². The van der Waals surface area contributed by atoms with E-state index in [1.54, 1.807) is 4.68 Å². The Hall–Kier alpha value is -2.50. The van der Waals surface area contributed by atoms with E-state index in [0.717, 1.165) is 24.3 Å². The van der Waals surface area contributed by atoms with Crippen molar-refractivity contribution in [1.82, 2.24) is 25.0 Å². The summed E-state index contributed by atoms with van der Waals surface area (Å²) in [5, 5.41) is 11.6. The molecule has 0 aliphatic rings. The molecule has 6 heteroatoms. The molecule has 0 aliphatic carbocycles. The molecule has 1 aromatic carbocycles. The summed E-state index contributed by atoms with van der Waals surface area (Å²) >= 11 is 0. The predicted octanol–water partition coefficient (Wildman–Crippen LogP) is 3.33. The molecule has 22 heavy (non-hydrogen) atoms. The number of hydrogen-bond acceptors (Lipinski definition) is 5. The number of hydrogen-bond donors (Lipinski definition) is 1. The lowest BCUT2D eigenvalue weighted by Gasteiger charge is -2.07. The first kappa shape index (κ1) is 14.4. The van der Waals surface area contributed by atoms with E-state index in [1.165, 1.54) is 24.7 Å². The Morgan fingerprint density at radius 3 is 2.64 bits per heavy atom. The molecular weight excluding hydrogens is 276 g/mol. The van der Waals surface area contributed by atoms with Gasteiger partial charge in [0, 0.05) is 12.2 Å². The second-order valence-electron chi connectivity index (χ2n) is 5.23. The highest BCUT2D eigenvalue weighted by molar-refractivity contribution is 5.84. The maximum absolute atomic E-state index is 4.28. The Bertz CT molecular complexity index is 747. The van der Waals surface area contributed by atoms with Crippen molar-refractivity contribution in [2.75, 3.05) is 5.32 Å². The SMILES string of the molecule is CCCCc1ccc(Nc2ncnc3c2nnn3CC)cc1. The third-order valence-electron chi connectivity index (χ3n) is 3.64. The van der Waals surface area contributed by atoms with E-state index in [2.05, 4.69) is 56.8 Å². The van der Waals surface area contributed by atoms with Crippen LogP contribution in [0.25, 0.3) is 11.2 Å². The predicted molar refractivity (Wildman–Crippen MR) is 87.1 cm³/mol. The summed E-state index contributed by atoms with van der Waals surface area (Å²) in [6, 6.07) is 8.45. The summed E-state index contributed by atoms with van der Waals surface area (Å²) in [7, 11) is 0. The van der Waals surface area contributed by atoms with Gasteiger partial charge in [0.25, 0.3) is 0 Å². The minimum Gasteiger partial charge on any atom is -0.338 e. The monoisotopic (exact) mass is 296 g/mol. The van der Waals surface area contributed by atoms with Gasteiger partial charge in [0.15, 0.2) is 17.0 Å². The molecule has 0 aliphatic heterocycles. The molecule has 2 heterocycles. The first-order valence-corrected chi connectivity index (χ1v) is 7.72. The van der Waals surface area contributed by atoms with Crippen molar-refractivity contribution in [2.45, 2.75) is 39.7 Å². The fourth-order valence-electron chi connectivity index (χ4n) is 2.37. The lowest BCUT2D eigenvalue weighted by molar-refractivity contribution is 0.641. The maximum atomic E-state index is 4.28. The summed E-state index contributed by atoms with van der Waals surface area (Å²) in [6.45, 7) is 4.96. The smallest absolute Gasteiger partial charge is 0.183 e. The van der Waals surface area contributed by atoms with Gasteiger partial charge in [-0.3, -0.25) is 0 Å². The van der Waals surface area contributed by atoms with Crippen LogP contribution in [0.2, 0.25) is 0 Å². The second kappa shape index (κ2) is 6.51. The number of anilines is 2. The molecule has 0 fully saturated rings. The highest BCUT2D eigenvalue weighted by Crippen LogP contribution is 2.21. The van der Waals surface area contributed by atoms with E-state index in [1.807, 2.05) is 6.92 Å². The van der Waals surface area contributed by atoms with Gasteiger partial charge in [0.2, 0.25) is 0 Å². The van der Waals surface area contributed by atoms with Gasteiger partial charge in [-0.1, -0.05) is 30.7 Å². The standard InChI is InChI=1S/C16H20N6/c1-3-5-6-12-7-9-13(10-8-12)19-15-14-16(18-11-17-15)22(4-2)21-20-14/h7-11H,3-6H2,1-2H3,(H,17,18,19). The van der Waals surface area contributed by atoms with Gasteiger partial charge in [-0.05, 0) is 37.5 Å². The summed E-state index contributed by atoms with van der Waals surface area (Å²) in [5.41, 5.74) is 3.79. The molecule has 0 atom stereocenters. The average molecular weight is 296 g/mol. The lowest BCUT2D eigenvalue weighted by atomic mass is 10.1. The molecule has 0 unspecified atom stereocenters. The Labute approximate surface area is 129 Å². The van der Waals surface area contributed by atoms with Crippen LogP contribution in [0.3, 0.4) is 0 Å². The zero-order valence-electron chi connectivity index (χ0n) is 13.0. The molecule has 3 aromatic rings. The van der Waals surface area contributed by atoms with Crippen molar-refractivity contribution in [3.63, 3.8) is 0 Å². The van der Waals surface area contributed by atoms with E-state index in [4.69, 9.17) is 0 Å². The normalized spacial score (nSPS) is 11.0. The van der Waals surface area contributed by atoms with Crippen LogP contribution in [0.4, 0.5) is 11.5 Å². The van der Waals surface area contributed by atoms with Crippen molar-refractivity contribution in [3.8, 4) is 0 Å². The molecular formula is C16H20N6. The lowest BCUT2D eigenvalue weighted by Crippen LogP contribution is -1.99. The number of aromatic nitrogens is 5. The Balaban J connectivity index is 1.82. The Kier molecular flexibility index (Phi) is 4.27. The molecule has 0 radical (unpaired) electrons.